The Morgan fingerprint density at radius 3 is 2.62 bits per heavy atom. The molecule has 1 aromatic carbocycles. The van der Waals surface area contributed by atoms with Gasteiger partial charge in [0.1, 0.15) is 5.82 Å². The van der Waals surface area contributed by atoms with E-state index >= 15 is 0 Å². The second kappa shape index (κ2) is 12.5. The number of rotatable bonds is 9. The highest BCUT2D eigenvalue weighted by Crippen LogP contribution is 2.14. The molecule has 1 unspecified atom stereocenters. The number of nitrogen functional groups attached to an aromatic ring is 1. The number of aromatic nitrogens is 2. The van der Waals surface area contributed by atoms with Gasteiger partial charge in [-0.25, -0.2) is 4.68 Å². The summed E-state index contributed by atoms with van der Waals surface area (Å²) in [5, 5.41) is 7.38. The van der Waals surface area contributed by atoms with Crippen molar-refractivity contribution in [3.8, 4) is 5.69 Å². The van der Waals surface area contributed by atoms with Crippen LogP contribution in [0.5, 0.6) is 0 Å². The van der Waals surface area contributed by atoms with Gasteiger partial charge in [0.15, 0.2) is 0 Å². The van der Waals surface area contributed by atoms with Gasteiger partial charge in [-0.05, 0) is 25.0 Å². The van der Waals surface area contributed by atoms with Crippen LogP contribution in [0, 0.1) is 0 Å². The molecule has 0 saturated heterocycles. The molecule has 0 saturated carbocycles. The minimum absolute atomic E-state index is 0. The Kier molecular flexibility index (Phi) is 11.7. The van der Waals surface area contributed by atoms with E-state index < -0.39 is 0 Å². The maximum atomic E-state index is 11.7. The number of amides is 1. The zero-order valence-electron chi connectivity index (χ0n) is 14.8. The van der Waals surface area contributed by atoms with Gasteiger partial charge in [-0.15, -0.1) is 24.8 Å². The summed E-state index contributed by atoms with van der Waals surface area (Å²) in [5.41, 5.74) is 13.4. The van der Waals surface area contributed by atoms with E-state index in [0.29, 0.717) is 18.9 Å². The number of ether oxygens (including phenoxy) is 1. The van der Waals surface area contributed by atoms with E-state index in [1.54, 1.807) is 11.8 Å². The van der Waals surface area contributed by atoms with Crippen molar-refractivity contribution < 1.29 is 9.53 Å². The first-order chi connectivity index (χ1) is 11.6. The number of hydrogen-bond donors (Lipinski definition) is 3. The van der Waals surface area contributed by atoms with Crippen molar-refractivity contribution in [3.63, 3.8) is 0 Å². The van der Waals surface area contributed by atoms with Gasteiger partial charge in [-0.1, -0.05) is 18.2 Å². The molecule has 5 N–H and O–H groups in total. The molecule has 1 atom stereocenters. The zero-order valence-corrected chi connectivity index (χ0v) is 16.4. The van der Waals surface area contributed by atoms with Gasteiger partial charge in [0.05, 0.1) is 23.9 Å². The van der Waals surface area contributed by atoms with E-state index in [0.717, 1.165) is 24.2 Å². The molecule has 2 aromatic rings. The normalized spacial score (nSPS) is 11.2. The van der Waals surface area contributed by atoms with Crippen LogP contribution >= 0.6 is 24.8 Å². The molecule has 1 aromatic heterocycles. The summed E-state index contributed by atoms with van der Waals surface area (Å²) in [4.78, 5) is 11.7. The Hall–Kier alpha value is -1.80. The van der Waals surface area contributed by atoms with Gasteiger partial charge in [0.2, 0.25) is 5.91 Å². The Morgan fingerprint density at radius 2 is 2.00 bits per heavy atom. The van der Waals surface area contributed by atoms with Gasteiger partial charge in [-0.3, -0.25) is 4.79 Å². The fourth-order valence-corrected chi connectivity index (χ4v) is 2.38. The molecular weight excluding hydrogens is 377 g/mol. The monoisotopic (exact) mass is 403 g/mol. The average molecular weight is 404 g/mol. The lowest BCUT2D eigenvalue weighted by atomic mass is 10.2. The minimum atomic E-state index is -0.230. The number of benzene rings is 1. The summed E-state index contributed by atoms with van der Waals surface area (Å²) >= 11 is 0. The Labute approximate surface area is 166 Å². The number of nitrogens with one attached hydrogen (secondary N) is 1. The van der Waals surface area contributed by atoms with E-state index in [1.807, 2.05) is 36.4 Å². The highest BCUT2D eigenvalue weighted by Gasteiger charge is 2.11. The van der Waals surface area contributed by atoms with Crippen LogP contribution in [0.15, 0.2) is 36.4 Å². The quantitative estimate of drug-likeness (QED) is 0.552. The molecule has 0 radical (unpaired) electrons. The van der Waals surface area contributed by atoms with Crippen LogP contribution in [0.25, 0.3) is 5.69 Å². The number of anilines is 1. The molecule has 0 aliphatic rings. The number of carbonyl (C=O) groups is 1. The number of nitrogens with two attached hydrogens (primary N) is 2. The molecule has 9 heteroatoms. The molecule has 0 spiro atoms. The second-order valence-corrected chi connectivity index (χ2v) is 5.56. The number of hydrogen-bond acceptors (Lipinski definition) is 5. The lowest BCUT2D eigenvalue weighted by Gasteiger charge is -2.12. The van der Waals surface area contributed by atoms with Crippen molar-refractivity contribution in [2.24, 2.45) is 5.73 Å². The molecule has 0 aliphatic carbocycles. The Bertz CT molecular complexity index is 648. The Morgan fingerprint density at radius 1 is 1.31 bits per heavy atom. The van der Waals surface area contributed by atoms with Crippen molar-refractivity contribution in [3.05, 3.63) is 42.1 Å². The van der Waals surface area contributed by atoms with Crippen molar-refractivity contribution in [2.75, 3.05) is 25.9 Å². The number of para-hydroxylation sites is 1. The summed E-state index contributed by atoms with van der Waals surface area (Å²) in [7, 11) is 1.55. The van der Waals surface area contributed by atoms with Crippen LogP contribution in [-0.2, 0) is 16.0 Å². The van der Waals surface area contributed by atoms with E-state index in [2.05, 4.69) is 10.4 Å². The maximum absolute atomic E-state index is 11.7. The topological polar surface area (TPSA) is 108 Å². The summed E-state index contributed by atoms with van der Waals surface area (Å²) in [6.07, 6.45) is 1.58. The van der Waals surface area contributed by atoms with Gasteiger partial charge in [0.25, 0.3) is 0 Å². The van der Waals surface area contributed by atoms with E-state index in [-0.39, 0.29) is 43.2 Å². The van der Waals surface area contributed by atoms with Crippen molar-refractivity contribution in [1.29, 1.82) is 0 Å². The third kappa shape index (κ3) is 7.21. The molecular formula is C17H27Cl2N5O2. The number of carbonyl (C=O) groups excluding carboxylic acids is 1. The first-order valence-electron chi connectivity index (χ1n) is 8.03. The molecule has 0 bridgehead atoms. The van der Waals surface area contributed by atoms with Crippen LogP contribution in [0.2, 0.25) is 0 Å². The first-order valence-corrected chi connectivity index (χ1v) is 8.03. The smallest absolute Gasteiger partial charge is 0.222 e. The predicted octanol–water partition coefficient (Wildman–Crippen LogP) is 1.71. The van der Waals surface area contributed by atoms with Crippen molar-refractivity contribution >= 4 is 36.5 Å². The molecule has 26 heavy (non-hydrogen) atoms. The summed E-state index contributed by atoms with van der Waals surface area (Å²) < 4.78 is 6.81. The molecule has 0 aliphatic heterocycles. The van der Waals surface area contributed by atoms with Gasteiger partial charge >= 0.3 is 0 Å². The molecule has 0 fully saturated rings. The second-order valence-electron chi connectivity index (χ2n) is 5.56. The number of aryl methyl sites for hydroxylation is 1. The minimum Gasteiger partial charge on any atom is -0.384 e. The Balaban J connectivity index is 0.00000312. The zero-order chi connectivity index (χ0) is 17.4. The summed E-state index contributed by atoms with van der Waals surface area (Å²) in [6.45, 7) is 0.915. The fourth-order valence-electron chi connectivity index (χ4n) is 2.38. The largest absolute Gasteiger partial charge is 0.384 e. The third-order valence-electron chi connectivity index (χ3n) is 3.73. The van der Waals surface area contributed by atoms with Crippen LogP contribution < -0.4 is 16.8 Å². The SMILES string of the molecule is COC(CN)CC(=O)NCCCc1cc(N)n(-c2ccccc2)n1.Cl.Cl. The van der Waals surface area contributed by atoms with Crippen LogP contribution in [0.4, 0.5) is 5.82 Å². The third-order valence-corrected chi connectivity index (χ3v) is 3.73. The van der Waals surface area contributed by atoms with Crippen LogP contribution in [-0.4, -0.2) is 42.0 Å². The maximum Gasteiger partial charge on any atom is 0.222 e. The van der Waals surface area contributed by atoms with E-state index in [9.17, 15) is 4.79 Å². The van der Waals surface area contributed by atoms with Crippen molar-refractivity contribution in [1.82, 2.24) is 15.1 Å². The summed E-state index contributed by atoms with van der Waals surface area (Å²) in [5.74, 6) is 0.549. The highest BCUT2D eigenvalue weighted by atomic mass is 35.5. The van der Waals surface area contributed by atoms with E-state index in [4.69, 9.17) is 16.2 Å². The highest BCUT2D eigenvalue weighted by molar-refractivity contribution is 5.85. The molecule has 1 heterocycles. The van der Waals surface area contributed by atoms with Crippen LogP contribution in [0.3, 0.4) is 0 Å². The lowest BCUT2D eigenvalue weighted by Crippen LogP contribution is -2.32. The van der Waals surface area contributed by atoms with E-state index in [1.165, 1.54) is 0 Å². The molecule has 2 rings (SSSR count). The summed E-state index contributed by atoms with van der Waals surface area (Å²) in [6, 6.07) is 11.6. The molecule has 7 nitrogen and oxygen atoms in total. The standard InChI is InChI=1S/C17H25N5O2.2ClH/c1-24-15(12-18)11-17(23)20-9-5-6-13-10-16(19)22(21-13)14-7-3-2-4-8-14;;/h2-4,7-8,10,15H,5-6,9,11-12,18-19H2,1H3,(H,20,23);2*1H. The number of methoxy groups -OCH3 is 1. The molecule has 146 valence electrons. The lowest BCUT2D eigenvalue weighted by molar-refractivity contribution is -0.123. The molecule has 1 amide bonds. The number of nitrogens with zero attached hydrogens (tertiary/aromatic N) is 2. The first kappa shape index (κ1) is 24.2. The number of halogens is 2. The average Bonchev–Trinajstić information content (AvgIpc) is 2.98. The van der Waals surface area contributed by atoms with Crippen molar-refractivity contribution in [2.45, 2.75) is 25.4 Å². The van der Waals surface area contributed by atoms with Crippen LogP contribution in [0.1, 0.15) is 18.5 Å². The fraction of sp³-hybridized carbons (Fsp3) is 0.412. The van der Waals surface area contributed by atoms with Gasteiger partial charge < -0.3 is 21.5 Å². The van der Waals surface area contributed by atoms with Gasteiger partial charge in [-0.2, -0.15) is 5.10 Å². The van der Waals surface area contributed by atoms with Gasteiger partial charge in [0, 0.05) is 26.3 Å². The predicted molar refractivity (Wildman–Crippen MR) is 108 cm³/mol.